The van der Waals surface area contributed by atoms with Gasteiger partial charge in [0.05, 0.1) is 29.5 Å². The summed E-state index contributed by atoms with van der Waals surface area (Å²) in [6.07, 6.45) is 5.97. The van der Waals surface area contributed by atoms with Crippen LogP contribution in [0.1, 0.15) is 31.7 Å². The third-order valence-corrected chi connectivity index (χ3v) is 3.53. The van der Waals surface area contributed by atoms with Gasteiger partial charge in [0.15, 0.2) is 0 Å². The van der Waals surface area contributed by atoms with Crippen LogP contribution in [0.4, 0.5) is 0 Å². The maximum atomic E-state index is 10.1. The van der Waals surface area contributed by atoms with E-state index >= 15 is 0 Å². The van der Waals surface area contributed by atoms with E-state index in [1.54, 1.807) is 0 Å². The zero-order valence-corrected chi connectivity index (χ0v) is 9.21. The van der Waals surface area contributed by atoms with Gasteiger partial charge in [-0.1, -0.05) is 25.0 Å². The standard InChI is InChI=1S/C13H16N2O/c16-13-8-4-3-7-12(13)15-9-14-10-5-1-2-6-11(10)15/h1-2,5-6,9,12-13,16H,3-4,7-8H2/t12-,13+/m0/s1. The van der Waals surface area contributed by atoms with E-state index in [-0.39, 0.29) is 12.1 Å². The normalized spacial score (nSPS) is 26.1. The molecule has 0 bridgehead atoms. The van der Waals surface area contributed by atoms with Gasteiger partial charge in [0.2, 0.25) is 0 Å². The number of benzene rings is 1. The van der Waals surface area contributed by atoms with Crippen LogP contribution in [0.25, 0.3) is 11.0 Å². The topological polar surface area (TPSA) is 38.0 Å². The highest BCUT2D eigenvalue weighted by Crippen LogP contribution is 2.30. The molecule has 0 radical (unpaired) electrons. The van der Waals surface area contributed by atoms with Crippen LogP contribution in [0.2, 0.25) is 0 Å². The highest BCUT2D eigenvalue weighted by molar-refractivity contribution is 5.75. The van der Waals surface area contributed by atoms with Crippen molar-refractivity contribution in [2.45, 2.75) is 37.8 Å². The quantitative estimate of drug-likeness (QED) is 0.795. The molecule has 1 saturated carbocycles. The molecule has 1 aromatic carbocycles. The smallest absolute Gasteiger partial charge is 0.0961 e. The number of fused-ring (bicyclic) bond motifs is 1. The molecule has 1 aliphatic carbocycles. The van der Waals surface area contributed by atoms with E-state index in [4.69, 9.17) is 0 Å². The molecule has 0 amide bonds. The lowest BCUT2D eigenvalue weighted by molar-refractivity contribution is 0.0773. The molecule has 3 nitrogen and oxygen atoms in total. The molecule has 3 heteroatoms. The Kier molecular flexibility index (Phi) is 2.40. The Balaban J connectivity index is 2.04. The lowest BCUT2D eigenvalue weighted by Crippen LogP contribution is -2.27. The molecule has 0 aliphatic heterocycles. The summed E-state index contributed by atoms with van der Waals surface area (Å²) >= 11 is 0. The monoisotopic (exact) mass is 216 g/mol. The zero-order valence-electron chi connectivity index (χ0n) is 9.21. The maximum Gasteiger partial charge on any atom is 0.0961 e. The van der Waals surface area contributed by atoms with Gasteiger partial charge in [-0.3, -0.25) is 0 Å². The van der Waals surface area contributed by atoms with Crippen LogP contribution < -0.4 is 0 Å². The summed E-state index contributed by atoms with van der Waals surface area (Å²) in [4.78, 5) is 4.38. The first-order chi connectivity index (χ1) is 7.86. The second-order valence-corrected chi connectivity index (χ2v) is 4.56. The van der Waals surface area contributed by atoms with Crippen molar-refractivity contribution in [2.75, 3.05) is 0 Å². The van der Waals surface area contributed by atoms with Crippen molar-refractivity contribution >= 4 is 11.0 Å². The van der Waals surface area contributed by atoms with Gasteiger partial charge < -0.3 is 9.67 Å². The predicted octanol–water partition coefficient (Wildman–Crippen LogP) is 2.51. The zero-order chi connectivity index (χ0) is 11.0. The number of hydrogen-bond donors (Lipinski definition) is 1. The Morgan fingerprint density at radius 1 is 1.19 bits per heavy atom. The Labute approximate surface area is 94.7 Å². The largest absolute Gasteiger partial charge is 0.391 e. The molecule has 3 rings (SSSR count). The minimum atomic E-state index is -0.216. The molecule has 1 fully saturated rings. The van der Waals surface area contributed by atoms with E-state index < -0.39 is 0 Å². The van der Waals surface area contributed by atoms with E-state index in [1.807, 2.05) is 24.5 Å². The Morgan fingerprint density at radius 3 is 2.88 bits per heavy atom. The van der Waals surface area contributed by atoms with E-state index in [1.165, 1.54) is 6.42 Å². The molecule has 1 heterocycles. The molecule has 1 N–H and O–H groups in total. The van der Waals surface area contributed by atoms with Crippen LogP contribution in [-0.4, -0.2) is 20.8 Å². The second-order valence-electron chi connectivity index (χ2n) is 4.56. The SMILES string of the molecule is O[C@@H]1CCCC[C@@H]1n1cnc2ccccc21. The third-order valence-electron chi connectivity index (χ3n) is 3.53. The van der Waals surface area contributed by atoms with Gasteiger partial charge in [-0.25, -0.2) is 4.98 Å². The summed E-state index contributed by atoms with van der Waals surface area (Å²) in [5, 5.41) is 10.1. The van der Waals surface area contributed by atoms with E-state index in [9.17, 15) is 5.11 Å². The summed E-state index contributed by atoms with van der Waals surface area (Å²) in [5.41, 5.74) is 2.15. The predicted molar refractivity (Wildman–Crippen MR) is 63.2 cm³/mol. The van der Waals surface area contributed by atoms with Crippen LogP contribution in [0.15, 0.2) is 30.6 Å². The molecule has 16 heavy (non-hydrogen) atoms. The Hall–Kier alpha value is -1.35. The number of imidazole rings is 1. The summed E-state index contributed by atoms with van der Waals surface area (Å²) in [6.45, 7) is 0. The summed E-state index contributed by atoms with van der Waals surface area (Å²) < 4.78 is 2.14. The fraction of sp³-hybridized carbons (Fsp3) is 0.462. The van der Waals surface area contributed by atoms with Crippen LogP contribution in [-0.2, 0) is 0 Å². The average Bonchev–Trinajstić information content (AvgIpc) is 2.74. The van der Waals surface area contributed by atoms with Gasteiger partial charge in [-0.15, -0.1) is 0 Å². The minimum Gasteiger partial charge on any atom is -0.391 e. The molecule has 2 aromatic rings. The molecular weight excluding hydrogens is 200 g/mol. The summed E-state index contributed by atoms with van der Waals surface area (Å²) in [7, 11) is 0. The first-order valence-electron chi connectivity index (χ1n) is 5.96. The number of hydrogen-bond acceptors (Lipinski definition) is 2. The second kappa shape index (κ2) is 3.91. The molecule has 1 aromatic heterocycles. The van der Waals surface area contributed by atoms with Gasteiger partial charge in [0, 0.05) is 0 Å². The summed E-state index contributed by atoms with van der Waals surface area (Å²) in [6, 6.07) is 8.32. The van der Waals surface area contributed by atoms with Gasteiger partial charge in [0.25, 0.3) is 0 Å². The van der Waals surface area contributed by atoms with E-state index in [0.29, 0.717) is 0 Å². The van der Waals surface area contributed by atoms with Gasteiger partial charge in [0.1, 0.15) is 0 Å². The molecule has 0 saturated heterocycles. The van der Waals surface area contributed by atoms with Crippen LogP contribution in [0.5, 0.6) is 0 Å². The van der Waals surface area contributed by atoms with Crippen LogP contribution in [0.3, 0.4) is 0 Å². The lowest BCUT2D eigenvalue weighted by atomic mass is 9.92. The molecule has 84 valence electrons. The number of aromatic nitrogens is 2. The molecule has 2 atom stereocenters. The third kappa shape index (κ3) is 1.52. The van der Waals surface area contributed by atoms with Crippen molar-refractivity contribution in [2.24, 2.45) is 0 Å². The highest BCUT2D eigenvalue weighted by atomic mass is 16.3. The fourth-order valence-electron chi connectivity index (χ4n) is 2.66. The molecule has 0 unspecified atom stereocenters. The average molecular weight is 216 g/mol. The first-order valence-corrected chi connectivity index (χ1v) is 5.96. The molecule has 1 aliphatic rings. The number of nitrogens with zero attached hydrogens (tertiary/aromatic N) is 2. The van der Waals surface area contributed by atoms with Crippen molar-refractivity contribution in [3.8, 4) is 0 Å². The van der Waals surface area contributed by atoms with Crippen LogP contribution >= 0.6 is 0 Å². The Morgan fingerprint density at radius 2 is 2.00 bits per heavy atom. The number of aliphatic hydroxyl groups is 1. The minimum absolute atomic E-state index is 0.209. The van der Waals surface area contributed by atoms with Crippen LogP contribution in [0, 0.1) is 0 Å². The van der Waals surface area contributed by atoms with Crippen molar-refractivity contribution < 1.29 is 5.11 Å². The molecule has 0 spiro atoms. The van der Waals surface area contributed by atoms with Crippen molar-refractivity contribution in [1.29, 1.82) is 0 Å². The van der Waals surface area contributed by atoms with Gasteiger partial charge in [-0.2, -0.15) is 0 Å². The van der Waals surface area contributed by atoms with E-state index in [2.05, 4.69) is 15.6 Å². The highest BCUT2D eigenvalue weighted by Gasteiger charge is 2.25. The maximum absolute atomic E-state index is 10.1. The van der Waals surface area contributed by atoms with Gasteiger partial charge >= 0.3 is 0 Å². The number of aliphatic hydroxyl groups excluding tert-OH is 1. The lowest BCUT2D eigenvalue weighted by Gasteiger charge is -2.29. The van der Waals surface area contributed by atoms with E-state index in [0.717, 1.165) is 30.3 Å². The molecular formula is C13H16N2O. The Bertz CT molecular complexity index is 491. The van der Waals surface area contributed by atoms with Crippen molar-refractivity contribution in [3.05, 3.63) is 30.6 Å². The number of para-hydroxylation sites is 2. The number of rotatable bonds is 1. The first kappa shape index (κ1) is 9.85. The van der Waals surface area contributed by atoms with Crippen molar-refractivity contribution in [1.82, 2.24) is 9.55 Å². The summed E-state index contributed by atoms with van der Waals surface area (Å²) in [5.74, 6) is 0. The fourth-order valence-corrected chi connectivity index (χ4v) is 2.66. The van der Waals surface area contributed by atoms with Gasteiger partial charge in [-0.05, 0) is 25.0 Å². The van der Waals surface area contributed by atoms with Crippen molar-refractivity contribution in [3.63, 3.8) is 0 Å².